The number of rotatable bonds is 6. The van der Waals surface area contributed by atoms with Crippen molar-refractivity contribution in [2.45, 2.75) is 6.54 Å². The van der Waals surface area contributed by atoms with Gasteiger partial charge in [-0.05, 0) is 47.8 Å². The summed E-state index contributed by atoms with van der Waals surface area (Å²) in [6.45, 7) is 0.365. The molecule has 2 amide bonds. The Labute approximate surface area is 153 Å². The van der Waals surface area contributed by atoms with E-state index in [9.17, 15) is 9.59 Å². The van der Waals surface area contributed by atoms with Gasteiger partial charge in [-0.3, -0.25) is 4.79 Å². The Hall–Kier alpha value is -2.64. The molecular formula is C18H16N2O3S2. The summed E-state index contributed by atoms with van der Waals surface area (Å²) in [5, 5.41) is 7.41. The molecule has 0 saturated carbocycles. The van der Waals surface area contributed by atoms with Gasteiger partial charge >= 0.3 is 6.03 Å². The van der Waals surface area contributed by atoms with Crippen molar-refractivity contribution < 1.29 is 14.3 Å². The third-order valence-corrected chi connectivity index (χ3v) is 5.35. The number of methoxy groups -OCH3 is 1. The number of ketones is 1. The fourth-order valence-electron chi connectivity index (χ4n) is 2.14. The number of ether oxygens (including phenoxy) is 1. The van der Waals surface area contributed by atoms with Crippen LogP contribution in [0.1, 0.15) is 19.4 Å². The van der Waals surface area contributed by atoms with Crippen LogP contribution in [0.25, 0.3) is 0 Å². The van der Waals surface area contributed by atoms with Gasteiger partial charge in [-0.25, -0.2) is 4.79 Å². The summed E-state index contributed by atoms with van der Waals surface area (Å²) in [5.41, 5.74) is 0.679. The first kappa shape index (κ1) is 17.2. The van der Waals surface area contributed by atoms with Gasteiger partial charge in [0.05, 0.1) is 23.4 Å². The fourth-order valence-corrected chi connectivity index (χ4v) is 3.79. The smallest absolute Gasteiger partial charge is 0.319 e. The zero-order valence-corrected chi connectivity index (χ0v) is 15.1. The van der Waals surface area contributed by atoms with Crippen LogP contribution in [0.2, 0.25) is 0 Å². The van der Waals surface area contributed by atoms with Crippen molar-refractivity contribution in [1.29, 1.82) is 0 Å². The van der Waals surface area contributed by atoms with Crippen LogP contribution in [0, 0.1) is 0 Å². The molecule has 0 aliphatic heterocycles. The number of hydrogen-bond acceptors (Lipinski definition) is 5. The van der Waals surface area contributed by atoms with Crippen molar-refractivity contribution in [2.24, 2.45) is 0 Å². The average Bonchev–Trinajstić information content (AvgIpc) is 3.32. The lowest BCUT2D eigenvalue weighted by Crippen LogP contribution is -2.27. The van der Waals surface area contributed by atoms with Crippen molar-refractivity contribution in [3.63, 3.8) is 0 Å². The molecule has 7 heteroatoms. The molecule has 0 aliphatic carbocycles. The highest BCUT2D eigenvalue weighted by molar-refractivity contribution is 7.16. The van der Waals surface area contributed by atoms with Crippen LogP contribution in [0.15, 0.2) is 53.9 Å². The van der Waals surface area contributed by atoms with Crippen LogP contribution in [0.5, 0.6) is 5.75 Å². The maximum Gasteiger partial charge on any atom is 0.319 e. The molecule has 0 aliphatic rings. The summed E-state index contributed by atoms with van der Waals surface area (Å²) in [6.07, 6.45) is 0. The number of thiophene rings is 2. The van der Waals surface area contributed by atoms with Gasteiger partial charge in [0.1, 0.15) is 5.75 Å². The Morgan fingerprint density at radius 3 is 2.52 bits per heavy atom. The van der Waals surface area contributed by atoms with Crippen LogP contribution in [0.3, 0.4) is 0 Å². The first-order valence-corrected chi connectivity index (χ1v) is 9.21. The van der Waals surface area contributed by atoms with E-state index < -0.39 is 0 Å². The van der Waals surface area contributed by atoms with E-state index in [-0.39, 0.29) is 11.8 Å². The highest BCUT2D eigenvalue weighted by Gasteiger charge is 2.13. The molecule has 0 radical (unpaired) electrons. The van der Waals surface area contributed by atoms with Gasteiger partial charge in [0.15, 0.2) is 0 Å². The molecule has 2 heterocycles. The lowest BCUT2D eigenvalue weighted by atomic mass is 10.3. The van der Waals surface area contributed by atoms with Crippen LogP contribution in [-0.4, -0.2) is 18.9 Å². The summed E-state index contributed by atoms with van der Waals surface area (Å²) in [6, 6.07) is 14.1. The molecule has 2 N–H and O–H groups in total. The van der Waals surface area contributed by atoms with E-state index in [1.54, 1.807) is 37.4 Å². The molecule has 0 saturated heterocycles. The van der Waals surface area contributed by atoms with Crippen LogP contribution >= 0.6 is 22.7 Å². The number of carbonyl (C=O) groups is 2. The Balaban J connectivity index is 1.53. The first-order chi connectivity index (χ1) is 12.2. The van der Waals surface area contributed by atoms with Crippen molar-refractivity contribution >= 4 is 40.2 Å². The van der Waals surface area contributed by atoms with Crippen LogP contribution in [0.4, 0.5) is 10.5 Å². The lowest BCUT2D eigenvalue weighted by molar-refractivity contribution is 0.104. The number of hydrogen-bond donors (Lipinski definition) is 2. The highest BCUT2D eigenvalue weighted by Crippen LogP contribution is 2.22. The molecule has 128 valence electrons. The normalized spacial score (nSPS) is 10.3. The fraction of sp³-hybridized carbons (Fsp3) is 0.111. The van der Waals surface area contributed by atoms with E-state index in [0.29, 0.717) is 17.1 Å². The molecule has 0 spiro atoms. The number of amides is 2. The standard InChI is InChI=1S/C18H16N2O3S2/c1-23-13-6-4-12(5-7-13)20-18(22)19-11-14-8-9-16(25-14)17(21)15-3-2-10-24-15/h2-10H,11H2,1H3,(H2,19,20,22). The Morgan fingerprint density at radius 1 is 1.04 bits per heavy atom. The summed E-state index contributed by atoms with van der Waals surface area (Å²) in [7, 11) is 1.59. The van der Waals surface area contributed by atoms with Crippen LogP contribution < -0.4 is 15.4 Å². The summed E-state index contributed by atoms with van der Waals surface area (Å²) in [4.78, 5) is 26.5. The molecule has 0 bridgehead atoms. The van der Waals surface area contributed by atoms with E-state index >= 15 is 0 Å². The number of benzene rings is 1. The summed E-state index contributed by atoms with van der Waals surface area (Å²) >= 11 is 2.82. The summed E-state index contributed by atoms with van der Waals surface area (Å²) in [5.74, 6) is 0.751. The van der Waals surface area contributed by atoms with Crippen LogP contribution in [-0.2, 0) is 6.54 Å². The maximum absolute atomic E-state index is 12.3. The monoisotopic (exact) mass is 372 g/mol. The average molecular weight is 372 g/mol. The van der Waals surface area contributed by atoms with E-state index in [2.05, 4.69) is 10.6 Å². The lowest BCUT2D eigenvalue weighted by Gasteiger charge is -2.07. The minimum atomic E-state index is -0.301. The maximum atomic E-state index is 12.3. The second kappa shape index (κ2) is 7.96. The van der Waals surface area contributed by atoms with E-state index in [1.165, 1.54) is 22.7 Å². The molecule has 1 aromatic carbocycles. The molecule has 0 atom stereocenters. The topological polar surface area (TPSA) is 67.4 Å². The van der Waals surface area contributed by atoms with E-state index in [0.717, 1.165) is 15.5 Å². The number of carbonyl (C=O) groups excluding carboxylic acids is 2. The zero-order valence-electron chi connectivity index (χ0n) is 13.4. The van der Waals surface area contributed by atoms with Gasteiger partial charge in [-0.2, -0.15) is 0 Å². The molecule has 25 heavy (non-hydrogen) atoms. The van der Waals surface area contributed by atoms with Crippen molar-refractivity contribution in [1.82, 2.24) is 5.32 Å². The number of anilines is 1. The van der Waals surface area contributed by atoms with Gasteiger partial charge in [0, 0.05) is 10.6 Å². The molecule has 3 aromatic rings. The second-order valence-corrected chi connectivity index (χ2v) is 7.22. The SMILES string of the molecule is COc1ccc(NC(=O)NCc2ccc(C(=O)c3cccs3)s2)cc1. The molecule has 0 unspecified atom stereocenters. The van der Waals surface area contributed by atoms with E-state index in [4.69, 9.17) is 4.74 Å². The molecular weight excluding hydrogens is 356 g/mol. The molecule has 2 aromatic heterocycles. The third kappa shape index (κ3) is 4.46. The number of nitrogens with one attached hydrogen (secondary N) is 2. The molecule has 0 fully saturated rings. The summed E-state index contributed by atoms with van der Waals surface area (Å²) < 4.78 is 5.07. The van der Waals surface area contributed by atoms with Crippen molar-refractivity contribution in [3.05, 3.63) is 68.5 Å². The van der Waals surface area contributed by atoms with Gasteiger partial charge in [0.2, 0.25) is 5.78 Å². The molecule has 3 rings (SSSR count). The number of urea groups is 1. The minimum Gasteiger partial charge on any atom is -0.497 e. The second-order valence-electron chi connectivity index (χ2n) is 5.11. The Morgan fingerprint density at radius 2 is 1.84 bits per heavy atom. The van der Waals surface area contributed by atoms with Crippen molar-refractivity contribution in [2.75, 3.05) is 12.4 Å². The predicted octanol–water partition coefficient (Wildman–Crippen LogP) is 4.37. The Kier molecular flexibility index (Phi) is 5.47. The highest BCUT2D eigenvalue weighted by atomic mass is 32.1. The molecule has 5 nitrogen and oxygen atoms in total. The predicted molar refractivity (Wildman–Crippen MR) is 101 cm³/mol. The quantitative estimate of drug-likeness (QED) is 0.631. The zero-order chi connectivity index (χ0) is 17.6. The minimum absolute atomic E-state index is 0.0222. The van der Waals surface area contributed by atoms with Crippen molar-refractivity contribution in [3.8, 4) is 5.75 Å². The third-order valence-electron chi connectivity index (χ3n) is 3.40. The van der Waals surface area contributed by atoms with Gasteiger partial charge in [-0.15, -0.1) is 22.7 Å². The van der Waals surface area contributed by atoms with Gasteiger partial charge < -0.3 is 15.4 Å². The first-order valence-electron chi connectivity index (χ1n) is 7.51. The van der Waals surface area contributed by atoms with Gasteiger partial charge in [0.25, 0.3) is 0 Å². The van der Waals surface area contributed by atoms with E-state index in [1.807, 2.05) is 23.6 Å². The Bertz CT molecular complexity index is 855. The largest absolute Gasteiger partial charge is 0.497 e. The van der Waals surface area contributed by atoms with Gasteiger partial charge in [-0.1, -0.05) is 6.07 Å².